The normalized spacial score (nSPS) is 10.5. The first-order chi connectivity index (χ1) is 8.04. The van der Waals surface area contributed by atoms with Crippen LogP contribution in [0.5, 0.6) is 11.5 Å². The maximum absolute atomic E-state index is 13.8. The summed E-state index contributed by atoms with van der Waals surface area (Å²) in [7, 11) is 3.01. The van der Waals surface area contributed by atoms with Crippen molar-refractivity contribution in [3.8, 4) is 22.6 Å². The molecule has 2 rings (SSSR count). The first kappa shape index (κ1) is 11.3. The van der Waals surface area contributed by atoms with Gasteiger partial charge in [-0.05, 0) is 6.07 Å². The standard InChI is InChI=1S/C11H12FN3O2/c1-15-11(13)7(5-14-15)6-3-9(16)10(17-2)4-8(6)12/h3-5,16H,13H2,1-2H3. The van der Waals surface area contributed by atoms with E-state index in [0.717, 1.165) is 6.07 Å². The Morgan fingerprint density at radius 3 is 2.65 bits per heavy atom. The average molecular weight is 237 g/mol. The van der Waals surface area contributed by atoms with Crippen molar-refractivity contribution >= 4 is 5.82 Å². The first-order valence-electron chi connectivity index (χ1n) is 4.89. The predicted octanol–water partition coefficient (Wildman–Crippen LogP) is 1.52. The molecule has 2 aromatic rings. The molecule has 5 nitrogen and oxygen atoms in total. The highest BCUT2D eigenvalue weighted by atomic mass is 19.1. The summed E-state index contributed by atoms with van der Waals surface area (Å²) in [6, 6.07) is 2.37. The highest BCUT2D eigenvalue weighted by Crippen LogP contribution is 2.35. The lowest BCUT2D eigenvalue weighted by molar-refractivity contribution is 0.370. The summed E-state index contributed by atoms with van der Waals surface area (Å²) in [5.41, 5.74) is 6.37. The van der Waals surface area contributed by atoms with Gasteiger partial charge in [0.15, 0.2) is 11.5 Å². The number of aromatic hydroxyl groups is 1. The lowest BCUT2D eigenvalue weighted by Crippen LogP contribution is -1.98. The molecule has 3 N–H and O–H groups in total. The fourth-order valence-electron chi connectivity index (χ4n) is 1.57. The fraction of sp³-hybridized carbons (Fsp3) is 0.182. The van der Waals surface area contributed by atoms with Crippen LogP contribution in [0, 0.1) is 5.82 Å². The number of phenolic OH excluding ortho intramolecular Hbond substituents is 1. The molecule has 0 fully saturated rings. The minimum atomic E-state index is -0.528. The largest absolute Gasteiger partial charge is 0.504 e. The number of hydrogen-bond acceptors (Lipinski definition) is 4. The molecule has 0 saturated carbocycles. The molecule has 6 heteroatoms. The molecular formula is C11H12FN3O2. The Morgan fingerprint density at radius 2 is 2.12 bits per heavy atom. The molecule has 17 heavy (non-hydrogen) atoms. The van der Waals surface area contributed by atoms with Gasteiger partial charge in [-0.3, -0.25) is 4.68 Å². The van der Waals surface area contributed by atoms with Crippen LogP contribution in [0.25, 0.3) is 11.1 Å². The summed E-state index contributed by atoms with van der Waals surface area (Å²) in [6.45, 7) is 0. The Bertz CT molecular complexity index is 566. The Morgan fingerprint density at radius 1 is 1.41 bits per heavy atom. The molecule has 90 valence electrons. The van der Waals surface area contributed by atoms with Gasteiger partial charge >= 0.3 is 0 Å². The second kappa shape index (κ2) is 3.97. The van der Waals surface area contributed by atoms with Gasteiger partial charge in [-0.2, -0.15) is 5.10 Å². The van der Waals surface area contributed by atoms with Crippen LogP contribution in [-0.4, -0.2) is 22.0 Å². The molecule has 0 atom stereocenters. The summed E-state index contributed by atoms with van der Waals surface area (Å²) in [5.74, 6) is -0.270. The topological polar surface area (TPSA) is 73.3 Å². The van der Waals surface area contributed by atoms with Gasteiger partial charge in [0, 0.05) is 24.2 Å². The molecule has 1 heterocycles. The molecular weight excluding hydrogens is 225 g/mol. The van der Waals surface area contributed by atoms with E-state index < -0.39 is 5.82 Å². The van der Waals surface area contributed by atoms with Crippen LogP contribution in [-0.2, 0) is 7.05 Å². The van der Waals surface area contributed by atoms with Gasteiger partial charge in [0.1, 0.15) is 11.6 Å². The monoisotopic (exact) mass is 237 g/mol. The maximum atomic E-state index is 13.8. The van der Waals surface area contributed by atoms with Crippen LogP contribution < -0.4 is 10.5 Å². The average Bonchev–Trinajstić information content (AvgIpc) is 2.63. The van der Waals surface area contributed by atoms with Crippen LogP contribution in [0.3, 0.4) is 0 Å². The third-order valence-corrected chi connectivity index (χ3v) is 2.54. The second-order valence-electron chi connectivity index (χ2n) is 3.57. The van der Waals surface area contributed by atoms with Crippen molar-refractivity contribution in [3.63, 3.8) is 0 Å². The highest BCUT2D eigenvalue weighted by Gasteiger charge is 2.15. The number of hydrogen-bond donors (Lipinski definition) is 2. The third kappa shape index (κ3) is 1.77. The van der Waals surface area contributed by atoms with E-state index in [2.05, 4.69) is 5.10 Å². The van der Waals surface area contributed by atoms with Crippen molar-refractivity contribution < 1.29 is 14.2 Å². The van der Waals surface area contributed by atoms with Crippen molar-refractivity contribution in [2.24, 2.45) is 7.05 Å². The number of ether oxygens (including phenoxy) is 1. The fourth-order valence-corrected chi connectivity index (χ4v) is 1.57. The SMILES string of the molecule is COc1cc(F)c(-c2cnn(C)c2N)cc1O. The summed E-state index contributed by atoms with van der Waals surface area (Å²) in [5, 5.41) is 13.5. The van der Waals surface area contributed by atoms with Crippen molar-refractivity contribution in [2.45, 2.75) is 0 Å². The Balaban J connectivity index is 2.60. The number of aryl methyl sites for hydroxylation is 1. The maximum Gasteiger partial charge on any atom is 0.163 e. The lowest BCUT2D eigenvalue weighted by Gasteiger charge is -2.07. The minimum absolute atomic E-state index is 0.0775. The van der Waals surface area contributed by atoms with E-state index in [0.29, 0.717) is 11.4 Å². The van der Waals surface area contributed by atoms with E-state index in [1.807, 2.05) is 0 Å². The molecule has 0 aliphatic carbocycles. The molecule has 0 unspecified atom stereocenters. The second-order valence-corrected chi connectivity index (χ2v) is 3.57. The highest BCUT2D eigenvalue weighted by molar-refractivity contribution is 5.75. The van der Waals surface area contributed by atoms with Crippen molar-refractivity contribution in [2.75, 3.05) is 12.8 Å². The van der Waals surface area contributed by atoms with Gasteiger partial charge in [-0.15, -0.1) is 0 Å². The molecule has 0 radical (unpaired) electrons. The summed E-state index contributed by atoms with van der Waals surface area (Å²) >= 11 is 0. The third-order valence-electron chi connectivity index (χ3n) is 2.54. The van der Waals surface area contributed by atoms with Crippen molar-refractivity contribution in [3.05, 3.63) is 24.1 Å². The molecule has 0 amide bonds. The smallest absolute Gasteiger partial charge is 0.163 e. The van der Waals surface area contributed by atoms with Gasteiger partial charge in [-0.1, -0.05) is 0 Å². The van der Waals surface area contributed by atoms with Gasteiger partial charge in [0.2, 0.25) is 0 Å². The number of benzene rings is 1. The van der Waals surface area contributed by atoms with E-state index in [-0.39, 0.29) is 17.1 Å². The van der Waals surface area contributed by atoms with Gasteiger partial charge in [0.05, 0.1) is 13.3 Å². The first-order valence-corrected chi connectivity index (χ1v) is 4.89. The zero-order valence-electron chi connectivity index (χ0n) is 9.44. The van der Waals surface area contributed by atoms with Crippen molar-refractivity contribution in [1.82, 2.24) is 9.78 Å². The number of aromatic nitrogens is 2. The van der Waals surface area contributed by atoms with Gasteiger partial charge < -0.3 is 15.6 Å². The molecule has 0 bridgehead atoms. The van der Waals surface area contributed by atoms with Crippen LogP contribution >= 0.6 is 0 Å². The number of anilines is 1. The Hall–Kier alpha value is -2.24. The number of phenols is 1. The molecule has 0 aliphatic rings. The van der Waals surface area contributed by atoms with Crippen molar-refractivity contribution in [1.29, 1.82) is 0 Å². The number of methoxy groups -OCH3 is 1. The van der Waals surface area contributed by atoms with E-state index in [4.69, 9.17) is 10.5 Å². The van der Waals surface area contributed by atoms with E-state index in [1.165, 1.54) is 24.1 Å². The Labute approximate surface area is 97.2 Å². The molecule has 0 saturated heterocycles. The van der Waals surface area contributed by atoms with Crippen LogP contribution in [0.15, 0.2) is 18.3 Å². The predicted molar refractivity (Wildman–Crippen MR) is 61.2 cm³/mol. The number of nitrogens with two attached hydrogens (primary N) is 1. The van der Waals surface area contributed by atoms with Gasteiger partial charge in [-0.25, -0.2) is 4.39 Å². The van der Waals surface area contributed by atoms with E-state index in [1.54, 1.807) is 7.05 Å². The summed E-state index contributed by atoms with van der Waals surface area (Å²) in [6.07, 6.45) is 1.44. The number of rotatable bonds is 2. The molecule has 1 aromatic heterocycles. The number of nitrogen functional groups attached to an aromatic ring is 1. The zero-order valence-corrected chi connectivity index (χ0v) is 9.44. The summed E-state index contributed by atoms with van der Waals surface area (Å²) < 4.78 is 20.0. The lowest BCUT2D eigenvalue weighted by atomic mass is 10.1. The molecule has 0 aliphatic heterocycles. The molecule has 1 aromatic carbocycles. The van der Waals surface area contributed by atoms with E-state index in [9.17, 15) is 9.50 Å². The quantitative estimate of drug-likeness (QED) is 0.830. The Kier molecular flexibility index (Phi) is 2.63. The number of nitrogens with zero attached hydrogens (tertiary/aromatic N) is 2. The van der Waals surface area contributed by atoms with Gasteiger partial charge in [0.25, 0.3) is 0 Å². The molecule has 0 spiro atoms. The zero-order chi connectivity index (χ0) is 12.6. The minimum Gasteiger partial charge on any atom is -0.504 e. The summed E-state index contributed by atoms with van der Waals surface area (Å²) in [4.78, 5) is 0. The van der Waals surface area contributed by atoms with Crippen LogP contribution in [0.1, 0.15) is 0 Å². The van der Waals surface area contributed by atoms with Crippen LogP contribution in [0.4, 0.5) is 10.2 Å². The number of halogens is 1. The van der Waals surface area contributed by atoms with Crippen LogP contribution in [0.2, 0.25) is 0 Å². The van der Waals surface area contributed by atoms with E-state index >= 15 is 0 Å².